The van der Waals surface area contributed by atoms with Crippen LogP contribution in [-0.4, -0.2) is 37.9 Å². The molecule has 1 unspecified atom stereocenters. The van der Waals surface area contributed by atoms with Crippen LogP contribution in [0.1, 0.15) is 252 Å². The number of esters is 2. The van der Waals surface area contributed by atoms with Gasteiger partial charge in [0.05, 0.1) is 6.61 Å². The van der Waals surface area contributed by atoms with Crippen LogP contribution >= 0.6 is 0 Å². The molecule has 0 bridgehead atoms. The molecule has 0 saturated carbocycles. The van der Waals surface area contributed by atoms with Crippen molar-refractivity contribution in [3.8, 4) is 0 Å². The Morgan fingerprint density at radius 1 is 0.393 bits per heavy atom. The normalized spacial score (nSPS) is 12.4. The van der Waals surface area contributed by atoms with E-state index in [9.17, 15) is 9.59 Å². The third-order valence-electron chi connectivity index (χ3n) is 10.6. The standard InChI is InChI=1S/C51H94O5/c1-4-7-10-13-16-19-22-24-26-28-30-32-35-38-41-44-50(52)55-48-49(47-54-46-43-40-37-34-21-18-15-12-9-6-3)56-51(53)45-42-39-36-33-31-29-27-25-23-20-17-14-11-8-5-2/h16,19,24-27,49H,4-15,17-18,20-23,28-48H2,1-3H3/b19-16-,26-24-,27-25-. The topological polar surface area (TPSA) is 61.8 Å². The van der Waals surface area contributed by atoms with E-state index in [1.165, 1.54) is 148 Å². The van der Waals surface area contributed by atoms with E-state index in [-0.39, 0.29) is 25.2 Å². The number of ether oxygens (including phenoxy) is 3. The van der Waals surface area contributed by atoms with Crippen LogP contribution in [0, 0.1) is 0 Å². The summed E-state index contributed by atoms with van der Waals surface area (Å²) in [4.78, 5) is 25.3. The van der Waals surface area contributed by atoms with Crippen molar-refractivity contribution in [1.29, 1.82) is 0 Å². The highest BCUT2D eigenvalue weighted by molar-refractivity contribution is 5.70. The number of carbonyl (C=O) groups is 2. The van der Waals surface area contributed by atoms with Gasteiger partial charge in [-0.3, -0.25) is 9.59 Å². The number of allylic oxidation sites excluding steroid dienone is 6. The molecule has 0 N–H and O–H groups in total. The molecule has 0 aliphatic rings. The first-order valence-corrected chi connectivity index (χ1v) is 24.5. The zero-order valence-corrected chi connectivity index (χ0v) is 37.7. The van der Waals surface area contributed by atoms with E-state index in [1.807, 2.05) is 0 Å². The van der Waals surface area contributed by atoms with Gasteiger partial charge in [-0.05, 0) is 77.0 Å². The van der Waals surface area contributed by atoms with Gasteiger partial charge in [-0.25, -0.2) is 0 Å². The SMILES string of the molecule is CCCCC/C=C\C/C=C\CCCCCCCC(=O)OCC(COCCCCCCCCCCCC)OC(=O)CCCCCCC/C=C\CCCCCCCC. The second-order valence-corrected chi connectivity index (χ2v) is 16.4. The lowest BCUT2D eigenvalue weighted by Gasteiger charge is -2.18. The fraction of sp³-hybridized carbons (Fsp3) is 0.843. The van der Waals surface area contributed by atoms with E-state index < -0.39 is 6.10 Å². The average molecular weight is 787 g/mol. The van der Waals surface area contributed by atoms with Gasteiger partial charge in [0.1, 0.15) is 6.61 Å². The summed E-state index contributed by atoms with van der Waals surface area (Å²) in [6, 6.07) is 0. The Morgan fingerprint density at radius 2 is 0.750 bits per heavy atom. The Balaban J connectivity index is 4.25. The first kappa shape index (κ1) is 54.1. The molecule has 0 aliphatic carbocycles. The molecule has 0 rings (SSSR count). The molecule has 0 aromatic carbocycles. The number of hydrogen-bond donors (Lipinski definition) is 0. The molecule has 1 atom stereocenters. The average Bonchev–Trinajstić information content (AvgIpc) is 3.20. The Labute approximate surface area is 349 Å². The second kappa shape index (κ2) is 47.5. The first-order chi connectivity index (χ1) is 27.6. The van der Waals surface area contributed by atoms with Crippen molar-refractivity contribution in [1.82, 2.24) is 0 Å². The summed E-state index contributed by atoms with van der Waals surface area (Å²) in [5.41, 5.74) is 0. The van der Waals surface area contributed by atoms with Gasteiger partial charge < -0.3 is 14.2 Å². The zero-order valence-electron chi connectivity index (χ0n) is 37.7. The number of hydrogen-bond acceptors (Lipinski definition) is 5. The van der Waals surface area contributed by atoms with Crippen molar-refractivity contribution >= 4 is 11.9 Å². The largest absolute Gasteiger partial charge is 0.462 e. The summed E-state index contributed by atoms with van der Waals surface area (Å²) < 4.78 is 17.3. The number of unbranched alkanes of at least 4 members (excludes halogenated alkanes) is 28. The first-order valence-electron chi connectivity index (χ1n) is 24.5. The molecule has 5 heteroatoms. The smallest absolute Gasteiger partial charge is 0.306 e. The van der Waals surface area contributed by atoms with Crippen molar-refractivity contribution < 1.29 is 23.8 Å². The maximum absolute atomic E-state index is 12.7. The summed E-state index contributed by atoms with van der Waals surface area (Å²) in [5, 5.41) is 0. The van der Waals surface area contributed by atoms with Gasteiger partial charge >= 0.3 is 11.9 Å². The van der Waals surface area contributed by atoms with Gasteiger partial charge in [0.2, 0.25) is 0 Å². The van der Waals surface area contributed by atoms with Gasteiger partial charge in [0, 0.05) is 19.4 Å². The summed E-state index contributed by atoms with van der Waals surface area (Å²) in [6.07, 6.45) is 55.7. The molecule has 0 aromatic heterocycles. The molecule has 0 saturated heterocycles. The molecule has 0 amide bonds. The van der Waals surface area contributed by atoms with Gasteiger partial charge in [-0.2, -0.15) is 0 Å². The Morgan fingerprint density at radius 3 is 1.23 bits per heavy atom. The number of carbonyl (C=O) groups excluding carboxylic acids is 2. The fourth-order valence-corrected chi connectivity index (χ4v) is 6.95. The third-order valence-corrected chi connectivity index (χ3v) is 10.6. The van der Waals surface area contributed by atoms with Crippen LogP contribution < -0.4 is 0 Å². The van der Waals surface area contributed by atoms with Crippen LogP contribution in [0.4, 0.5) is 0 Å². The van der Waals surface area contributed by atoms with Gasteiger partial charge in [0.25, 0.3) is 0 Å². The highest BCUT2D eigenvalue weighted by Gasteiger charge is 2.17. The predicted molar refractivity (Wildman–Crippen MR) is 242 cm³/mol. The molecule has 0 aliphatic heterocycles. The van der Waals surface area contributed by atoms with Crippen LogP contribution in [-0.2, 0) is 23.8 Å². The molecular weight excluding hydrogens is 693 g/mol. The maximum atomic E-state index is 12.7. The third kappa shape index (κ3) is 44.8. The summed E-state index contributed by atoms with van der Waals surface area (Å²) in [5.74, 6) is -0.413. The Bertz CT molecular complexity index is 893. The molecule has 56 heavy (non-hydrogen) atoms. The molecule has 0 aromatic rings. The van der Waals surface area contributed by atoms with Gasteiger partial charge in [-0.1, -0.05) is 198 Å². The molecule has 328 valence electrons. The van der Waals surface area contributed by atoms with Gasteiger partial charge in [-0.15, -0.1) is 0 Å². The lowest BCUT2D eigenvalue weighted by Crippen LogP contribution is -2.30. The number of rotatable bonds is 45. The van der Waals surface area contributed by atoms with E-state index in [1.54, 1.807) is 0 Å². The lowest BCUT2D eigenvalue weighted by atomic mass is 10.1. The summed E-state index contributed by atoms with van der Waals surface area (Å²) in [7, 11) is 0. The Kier molecular flexibility index (Phi) is 45.9. The van der Waals surface area contributed by atoms with Crippen molar-refractivity contribution in [3.63, 3.8) is 0 Å². The fourth-order valence-electron chi connectivity index (χ4n) is 6.95. The van der Waals surface area contributed by atoms with Crippen LogP contribution in [0.15, 0.2) is 36.5 Å². The monoisotopic (exact) mass is 787 g/mol. The molecule has 0 radical (unpaired) electrons. The quantitative estimate of drug-likeness (QED) is 0.0349. The molecule has 0 fully saturated rings. The van der Waals surface area contributed by atoms with Crippen LogP contribution in [0.2, 0.25) is 0 Å². The van der Waals surface area contributed by atoms with E-state index in [0.29, 0.717) is 19.4 Å². The van der Waals surface area contributed by atoms with E-state index in [0.717, 1.165) is 70.6 Å². The minimum Gasteiger partial charge on any atom is -0.462 e. The highest BCUT2D eigenvalue weighted by atomic mass is 16.6. The molecule has 0 spiro atoms. The minimum absolute atomic E-state index is 0.0786. The molecule has 0 heterocycles. The zero-order chi connectivity index (χ0) is 40.7. The molecule has 5 nitrogen and oxygen atoms in total. The second-order valence-electron chi connectivity index (χ2n) is 16.4. The van der Waals surface area contributed by atoms with Crippen molar-refractivity contribution in [3.05, 3.63) is 36.5 Å². The highest BCUT2D eigenvalue weighted by Crippen LogP contribution is 2.14. The summed E-state index contributed by atoms with van der Waals surface area (Å²) in [6.45, 7) is 7.79. The van der Waals surface area contributed by atoms with Crippen molar-refractivity contribution in [2.45, 2.75) is 258 Å². The van der Waals surface area contributed by atoms with E-state index in [2.05, 4.69) is 57.2 Å². The predicted octanol–water partition coefficient (Wildman–Crippen LogP) is 16.2. The molecular formula is C51H94O5. The van der Waals surface area contributed by atoms with E-state index >= 15 is 0 Å². The van der Waals surface area contributed by atoms with Crippen LogP contribution in [0.3, 0.4) is 0 Å². The van der Waals surface area contributed by atoms with Crippen molar-refractivity contribution in [2.75, 3.05) is 19.8 Å². The maximum Gasteiger partial charge on any atom is 0.306 e. The van der Waals surface area contributed by atoms with Crippen molar-refractivity contribution in [2.24, 2.45) is 0 Å². The van der Waals surface area contributed by atoms with Gasteiger partial charge in [0.15, 0.2) is 6.10 Å². The van der Waals surface area contributed by atoms with Crippen LogP contribution in [0.25, 0.3) is 0 Å². The Hall–Kier alpha value is -1.88. The lowest BCUT2D eigenvalue weighted by molar-refractivity contribution is -0.163. The minimum atomic E-state index is -0.540. The summed E-state index contributed by atoms with van der Waals surface area (Å²) >= 11 is 0. The van der Waals surface area contributed by atoms with E-state index in [4.69, 9.17) is 14.2 Å². The van der Waals surface area contributed by atoms with Crippen LogP contribution in [0.5, 0.6) is 0 Å².